The standard InChI is InChI=1S/C41H45N3O6/c1-3-49-34(45)22-13-27-11-16-30(17-12-27)42-40(47)41(23-7-8-24-41)43-39(46)33-21-20-32-35(28-9-5-4-6-10-28)36(29-14-18-31(48-2)19-15-29)44-25-26-50-38(33)37(32)44/h11-22,28H,3-10,23-26H2,1-2H3,(H,42,47)(H,43,46). The smallest absolute Gasteiger partial charge is 0.330 e. The van der Waals surface area contributed by atoms with Crippen molar-refractivity contribution in [2.75, 3.05) is 25.6 Å². The topological polar surface area (TPSA) is 108 Å². The molecule has 2 amide bonds. The first kappa shape index (κ1) is 33.4. The van der Waals surface area contributed by atoms with E-state index in [9.17, 15) is 14.4 Å². The molecule has 2 fully saturated rings. The Bertz CT molecular complexity index is 1910. The van der Waals surface area contributed by atoms with Crippen LogP contribution >= 0.6 is 0 Å². The fourth-order valence-corrected chi connectivity index (χ4v) is 8.05. The molecule has 0 radical (unpaired) electrons. The predicted molar refractivity (Wildman–Crippen MR) is 195 cm³/mol. The van der Waals surface area contributed by atoms with Crippen LogP contribution in [0.4, 0.5) is 5.69 Å². The summed E-state index contributed by atoms with van der Waals surface area (Å²) in [7, 11) is 1.68. The minimum atomic E-state index is -1.04. The minimum absolute atomic E-state index is 0.237. The number of hydrogen-bond acceptors (Lipinski definition) is 6. The summed E-state index contributed by atoms with van der Waals surface area (Å²) in [6.45, 7) is 3.21. The van der Waals surface area contributed by atoms with Crippen molar-refractivity contribution in [3.63, 3.8) is 0 Å². The molecule has 4 aromatic rings. The third kappa shape index (κ3) is 6.49. The number of benzene rings is 3. The Morgan fingerprint density at radius 2 is 1.68 bits per heavy atom. The van der Waals surface area contributed by atoms with Crippen molar-refractivity contribution in [1.82, 2.24) is 9.88 Å². The monoisotopic (exact) mass is 675 g/mol. The number of anilines is 1. The van der Waals surface area contributed by atoms with Crippen molar-refractivity contribution in [1.29, 1.82) is 0 Å². The van der Waals surface area contributed by atoms with Gasteiger partial charge in [-0.15, -0.1) is 0 Å². The molecule has 0 unspecified atom stereocenters. The van der Waals surface area contributed by atoms with Gasteiger partial charge in [0.1, 0.15) is 17.9 Å². The van der Waals surface area contributed by atoms with E-state index in [-0.39, 0.29) is 11.8 Å². The van der Waals surface area contributed by atoms with E-state index in [1.165, 1.54) is 36.6 Å². The molecule has 0 atom stereocenters. The summed E-state index contributed by atoms with van der Waals surface area (Å²) in [6, 6.07) is 19.5. The second-order valence-corrected chi connectivity index (χ2v) is 13.6. The van der Waals surface area contributed by atoms with E-state index < -0.39 is 11.5 Å². The Morgan fingerprint density at radius 3 is 2.38 bits per heavy atom. The second-order valence-electron chi connectivity index (χ2n) is 13.6. The zero-order valence-electron chi connectivity index (χ0n) is 28.9. The van der Waals surface area contributed by atoms with Gasteiger partial charge in [-0.25, -0.2) is 4.79 Å². The number of rotatable bonds is 10. The Hall–Kier alpha value is -5.05. The zero-order chi connectivity index (χ0) is 34.7. The second kappa shape index (κ2) is 14.4. The number of ether oxygens (including phenoxy) is 3. The molecule has 0 saturated heterocycles. The molecule has 3 aliphatic rings. The quantitative estimate of drug-likeness (QED) is 0.130. The fraction of sp³-hybridized carbons (Fsp3) is 0.390. The van der Waals surface area contributed by atoms with Crippen LogP contribution in [0.1, 0.15) is 92.1 Å². The van der Waals surface area contributed by atoms with Crippen LogP contribution in [0.3, 0.4) is 0 Å². The number of nitrogens with zero attached hydrogens (tertiary/aromatic N) is 1. The number of hydrogen-bond donors (Lipinski definition) is 2. The normalized spacial score (nSPS) is 17.0. The van der Waals surface area contributed by atoms with Crippen molar-refractivity contribution < 1.29 is 28.6 Å². The first-order valence-corrected chi connectivity index (χ1v) is 18.0. The number of amides is 2. The molecule has 1 aliphatic heterocycles. The Labute approximate surface area is 293 Å². The van der Waals surface area contributed by atoms with Crippen LogP contribution in [0.15, 0.2) is 66.7 Å². The summed E-state index contributed by atoms with van der Waals surface area (Å²) in [5.74, 6) is 0.886. The molecule has 7 rings (SSSR count). The van der Waals surface area contributed by atoms with Gasteiger partial charge in [-0.3, -0.25) is 9.59 Å². The van der Waals surface area contributed by atoms with Gasteiger partial charge in [0.05, 0.1) is 37.0 Å². The zero-order valence-corrected chi connectivity index (χ0v) is 28.9. The van der Waals surface area contributed by atoms with Gasteiger partial charge in [0.25, 0.3) is 5.91 Å². The number of carbonyl (C=O) groups excluding carboxylic acids is 3. The summed E-state index contributed by atoms with van der Waals surface area (Å²) in [5.41, 5.74) is 5.45. The van der Waals surface area contributed by atoms with Gasteiger partial charge >= 0.3 is 5.97 Å². The van der Waals surface area contributed by atoms with E-state index >= 15 is 0 Å². The van der Waals surface area contributed by atoms with Gasteiger partial charge in [-0.05, 0) is 104 Å². The Balaban J connectivity index is 1.19. The molecule has 50 heavy (non-hydrogen) atoms. The lowest BCUT2D eigenvalue weighted by atomic mass is 9.81. The van der Waals surface area contributed by atoms with E-state index in [0.717, 1.165) is 53.5 Å². The molecule has 2 N–H and O–H groups in total. The lowest BCUT2D eigenvalue weighted by Crippen LogP contribution is -2.55. The molecule has 2 aliphatic carbocycles. The average Bonchev–Trinajstić information content (AvgIpc) is 3.76. The molecule has 3 aromatic carbocycles. The summed E-state index contributed by atoms with van der Waals surface area (Å²) in [6.07, 6.45) is 11.8. The number of esters is 1. The maximum atomic E-state index is 14.2. The van der Waals surface area contributed by atoms with E-state index in [1.54, 1.807) is 32.2 Å². The summed E-state index contributed by atoms with van der Waals surface area (Å²) in [4.78, 5) is 39.8. The maximum absolute atomic E-state index is 14.2. The molecule has 1 aromatic heterocycles. The maximum Gasteiger partial charge on any atom is 0.330 e. The van der Waals surface area contributed by atoms with Crippen LogP contribution in [-0.2, 0) is 20.9 Å². The van der Waals surface area contributed by atoms with Gasteiger partial charge in [-0.1, -0.05) is 50.3 Å². The summed E-state index contributed by atoms with van der Waals surface area (Å²) >= 11 is 0. The van der Waals surface area contributed by atoms with E-state index in [0.29, 0.717) is 55.5 Å². The lowest BCUT2D eigenvalue weighted by Gasteiger charge is -2.30. The summed E-state index contributed by atoms with van der Waals surface area (Å²) in [5, 5.41) is 7.35. The highest BCUT2D eigenvalue weighted by molar-refractivity contribution is 6.09. The molecule has 0 bridgehead atoms. The Morgan fingerprint density at radius 1 is 0.940 bits per heavy atom. The van der Waals surface area contributed by atoms with Gasteiger partial charge in [-0.2, -0.15) is 0 Å². The van der Waals surface area contributed by atoms with Gasteiger partial charge in [0, 0.05) is 17.1 Å². The van der Waals surface area contributed by atoms with Gasteiger partial charge in [0.2, 0.25) is 5.91 Å². The molecule has 0 spiro atoms. The largest absolute Gasteiger partial charge is 0.497 e. The molecule has 9 heteroatoms. The number of carbonyl (C=O) groups is 3. The fourth-order valence-electron chi connectivity index (χ4n) is 8.05. The van der Waals surface area contributed by atoms with E-state index in [1.807, 2.05) is 30.3 Å². The van der Waals surface area contributed by atoms with Crippen molar-refractivity contribution >= 4 is 40.4 Å². The van der Waals surface area contributed by atoms with Crippen LogP contribution in [0.2, 0.25) is 0 Å². The molecular weight excluding hydrogens is 630 g/mol. The first-order chi connectivity index (χ1) is 24.4. The highest BCUT2D eigenvalue weighted by Gasteiger charge is 2.43. The number of aromatic nitrogens is 1. The van der Waals surface area contributed by atoms with Crippen molar-refractivity contribution in [2.45, 2.75) is 82.7 Å². The van der Waals surface area contributed by atoms with Crippen LogP contribution in [0, 0.1) is 0 Å². The van der Waals surface area contributed by atoms with E-state index in [2.05, 4.69) is 33.4 Å². The SMILES string of the molecule is CCOC(=O)C=Cc1ccc(NC(=O)C2(NC(=O)c3ccc4c(C5CCCCC5)c(-c5ccc(OC)cc5)n5c4c3OCC5)CCCC2)cc1. The molecular formula is C41H45N3O6. The minimum Gasteiger partial charge on any atom is -0.497 e. The number of methoxy groups -OCH3 is 1. The third-order valence-corrected chi connectivity index (χ3v) is 10.5. The average molecular weight is 676 g/mol. The highest BCUT2D eigenvalue weighted by Crippen LogP contribution is 2.48. The molecule has 9 nitrogen and oxygen atoms in total. The summed E-state index contributed by atoms with van der Waals surface area (Å²) < 4.78 is 19.1. The molecule has 2 heterocycles. The van der Waals surface area contributed by atoms with Gasteiger partial charge in [0.15, 0.2) is 5.75 Å². The van der Waals surface area contributed by atoms with E-state index in [4.69, 9.17) is 14.2 Å². The van der Waals surface area contributed by atoms with Crippen LogP contribution < -0.4 is 20.1 Å². The van der Waals surface area contributed by atoms with Crippen molar-refractivity contribution in [3.8, 4) is 22.8 Å². The first-order valence-electron chi connectivity index (χ1n) is 18.0. The molecule has 260 valence electrons. The lowest BCUT2D eigenvalue weighted by molar-refractivity contribution is -0.137. The highest BCUT2D eigenvalue weighted by atomic mass is 16.5. The van der Waals surface area contributed by atoms with Crippen molar-refractivity contribution in [2.24, 2.45) is 0 Å². The predicted octanol–water partition coefficient (Wildman–Crippen LogP) is 8.01. The third-order valence-electron chi connectivity index (χ3n) is 10.5. The Kier molecular flexibility index (Phi) is 9.65. The van der Waals surface area contributed by atoms with Gasteiger partial charge < -0.3 is 29.4 Å². The van der Waals surface area contributed by atoms with Crippen LogP contribution in [0.5, 0.6) is 11.5 Å². The van der Waals surface area contributed by atoms with Crippen molar-refractivity contribution in [3.05, 3.63) is 83.4 Å². The van der Waals surface area contributed by atoms with Crippen LogP contribution in [0.25, 0.3) is 28.2 Å². The van der Waals surface area contributed by atoms with Crippen LogP contribution in [-0.4, -0.2) is 48.2 Å². The molecule has 2 saturated carbocycles. The number of nitrogens with one attached hydrogen (secondary N) is 2.